The molecule has 30 heavy (non-hydrogen) atoms. The van der Waals surface area contributed by atoms with E-state index < -0.39 is 17.6 Å². The maximum absolute atomic E-state index is 13.3. The summed E-state index contributed by atoms with van der Waals surface area (Å²) in [6.45, 7) is 8.13. The van der Waals surface area contributed by atoms with E-state index in [4.69, 9.17) is 10.7 Å². The van der Waals surface area contributed by atoms with Crippen molar-refractivity contribution in [3.05, 3.63) is 29.8 Å². The standard InChI is InChI=1S/C21H27F4N5/c1-20(2,3)7-17-28-16(12-6-15(21(23,24)25)19(26)27-8-12)11-30(17)18-13-9-29(5-4-22)10-14(13)18/h6,8,11,13-14,18H,4-5,7,9-10H2,1-3H3,(H2,26,27). The van der Waals surface area contributed by atoms with Crippen molar-refractivity contribution in [2.75, 3.05) is 32.0 Å². The third-order valence-electron chi connectivity index (χ3n) is 5.96. The average Bonchev–Trinajstić information content (AvgIpc) is 2.96. The van der Waals surface area contributed by atoms with Crippen LogP contribution >= 0.6 is 0 Å². The van der Waals surface area contributed by atoms with Crippen LogP contribution in [-0.2, 0) is 12.6 Å². The van der Waals surface area contributed by atoms with Crippen molar-refractivity contribution in [1.82, 2.24) is 19.4 Å². The van der Waals surface area contributed by atoms with Gasteiger partial charge < -0.3 is 15.2 Å². The molecule has 2 aromatic heterocycles. The van der Waals surface area contributed by atoms with Gasteiger partial charge in [-0.1, -0.05) is 20.8 Å². The predicted molar refractivity (Wildman–Crippen MR) is 106 cm³/mol. The van der Waals surface area contributed by atoms with Gasteiger partial charge in [-0.05, 0) is 23.3 Å². The van der Waals surface area contributed by atoms with Crippen molar-refractivity contribution in [3.63, 3.8) is 0 Å². The van der Waals surface area contributed by atoms with E-state index in [0.717, 1.165) is 25.0 Å². The van der Waals surface area contributed by atoms with E-state index in [1.807, 2.05) is 6.20 Å². The highest BCUT2D eigenvalue weighted by Gasteiger charge is 2.57. The fourth-order valence-electron chi connectivity index (χ4n) is 4.57. The van der Waals surface area contributed by atoms with Crippen LogP contribution in [0.15, 0.2) is 18.5 Å². The Labute approximate surface area is 173 Å². The van der Waals surface area contributed by atoms with Crippen LogP contribution in [0.1, 0.15) is 38.2 Å². The smallest absolute Gasteiger partial charge is 0.383 e. The first-order valence-corrected chi connectivity index (χ1v) is 10.2. The Balaban J connectivity index is 1.66. The van der Waals surface area contributed by atoms with Crippen LogP contribution in [0, 0.1) is 17.3 Å². The molecule has 1 aliphatic heterocycles. The summed E-state index contributed by atoms with van der Waals surface area (Å²) in [5.41, 5.74) is 5.24. The van der Waals surface area contributed by atoms with Crippen molar-refractivity contribution in [2.45, 2.75) is 39.4 Å². The van der Waals surface area contributed by atoms with Crippen molar-refractivity contribution < 1.29 is 17.6 Å². The monoisotopic (exact) mass is 425 g/mol. The van der Waals surface area contributed by atoms with Gasteiger partial charge >= 0.3 is 6.18 Å². The number of hydrogen-bond acceptors (Lipinski definition) is 4. The van der Waals surface area contributed by atoms with Crippen molar-refractivity contribution >= 4 is 5.82 Å². The van der Waals surface area contributed by atoms with Crippen LogP contribution in [-0.4, -0.2) is 45.7 Å². The van der Waals surface area contributed by atoms with Gasteiger partial charge in [0.05, 0.1) is 11.3 Å². The number of nitrogens with zero attached hydrogens (tertiary/aromatic N) is 4. The maximum Gasteiger partial charge on any atom is 0.419 e. The van der Waals surface area contributed by atoms with Crippen molar-refractivity contribution in [1.29, 1.82) is 0 Å². The molecule has 1 aliphatic carbocycles. The number of anilines is 1. The second-order valence-electron chi connectivity index (χ2n) is 9.61. The third kappa shape index (κ3) is 4.04. The highest BCUT2D eigenvalue weighted by molar-refractivity contribution is 5.62. The summed E-state index contributed by atoms with van der Waals surface area (Å²) in [5, 5.41) is 0. The summed E-state index contributed by atoms with van der Waals surface area (Å²) < 4.78 is 54.6. The van der Waals surface area contributed by atoms with Crippen LogP contribution in [0.5, 0.6) is 0 Å². The number of nitrogens with two attached hydrogens (primary N) is 1. The Morgan fingerprint density at radius 2 is 1.83 bits per heavy atom. The van der Waals surface area contributed by atoms with E-state index in [-0.39, 0.29) is 18.1 Å². The fourth-order valence-corrected chi connectivity index (χ4v) is 4.57. The zero-order valence-corrected chi connectivity index (χ0v) is 17.4. The number of rotatable bonds is 5. The number of pyridine rings is 1. The summed E-state index contributed by atoms with van der Waals surface area (Å²) in [4.78, 5) is 10.6. The normalized spacial score (nSPS) is 24.3. The van der Waals surface area contributed by atoms with Crippen LogP contribution in [0.3, 0.4) is 0 Å². The summed E-state index contributed by atoms with van der Waals surface area (Å²) >= 11 is 0. The molecule has 0 amide bonds. The van der Waals surface area contributed by atoms with E-state index in [2.05, 4.69) is 35.2 Å². The molecular weight excluding hydrogens is 398 g/mol. The lowest BCUT2D eigenvalue weighted by Crippen LogP contribution is -2.27. The van der Waals surface area contributed by atoms with Gasteiger partial charge in [0, 0.05) is 50.1 Å². The molecule has 1 saturated carbocycles. The second-order valence-corrected chi connectivity index (χ2v) is 9.61. The van der Waals surface area contributed by atoms with E-state index in [0.29, 0.717) is 36.1 Å². The summed E-state index contributed by atoms with van der Waals surface area (Å²) in [7, 11) is 0. The van der Waals surface area contributed by atoms with Gasteiger partial charge in [0.25, 0.3) is 0 Å². The van der Waals surface area contributed by atoms with Gasteiger partial charge in [0.2, 0.25) is 0 Å². The highest BCUT2D eigenvalue weighted by Crippen LogP contribution is 2.56. The average molecular weight is 425 g/mol. The topological polar surface area (TPSA) is 60.0 Å². The Morgan fingerprint density at radius 1 is 1.17 bits per heavy atom. The van der Waals surface area contributed by atoms with Gasteiger partial charge in [-0.15, -0.1) is 0 Å². The number of hydrogen-bond donors (Lipinski definition) is 1. The molecular formula is C21H27F4N5. The number of fused-ring (bicyclic) bond motifs is 1. The quantitative estimate of drug-likeness (QED) is 0.730. The lowest BCUT2D eigenvalue weighted by molar-refractivity contribution is -0.137. The molecule has 1 saturated heterocycles. The number of nitrogen functional groups attached to an aromatic ring is 1. The summed E-state index contributed by atoms with van der Waals surface area (Å²) in [5.74, 6) is 1.20. The van der Waals surface area contributed by atoms with Crippen LogP contribution in [0.25, 0.3) is 11.3 Å². The van der Waals surface area contributed by atoms with Crippen LogP contribution < -0.4 is 5.73 Å². The molecule has 3 heterocycles. The number of aromatic nitrogens is 3. The molecule has 9 heteroatoms. The fraction of sp³-hybridized carbons (Fsp3) is 0.619. The Morgan fingerprint density at radius 3 is 2.40 bits per heavy atom. The molecule has 0 aromatic carbocycles. The molecule has 2 atom stereocenters. The summed E-state index contributed by atoms with van der Waals surface area (Å²) in [6.07, 6.45) is -0.686. The molecule has 164 valence electrons. The van der Waals surface area contributed by atoms with Crippen molar-refractivity contribution in [3.8, 4) is 11.3 Å². The molecule has 2 unspecified atom stereocenters. The van der Waals surface area contributed by atoms with Gasteiger partial charge in [-0.2, -0.15) is 13.2 Å². The zero-order chi connectivity index (χ0) is 21.8. The largest absolute Gasteiger partial charge is 0.419 e. The van der Waals surface area contributed by atoms with Gasteiger partial charge in [-0.3, -0.25) is 0 Å². The Hall–Kier alpha value is -2.16. The second kappa shape index (κ2) is 7.21. The number of piperidine rings is 1. The van der Waals surface area contributed by atoms with Crippen LogP contribution in [0.2, 0.25) is 0 Å². The first-order chi connectivity index (χ1) is 14.0. The molecule has 0 bridgehead atoms. The van der Waals surface area contributed by atoms with Gasteiger partial charge in [-0.25, -0.2) is 14.4 Å². The van der Waals surface area contributed by atoms with E-state index in [1.165, 1.54) is 6.20 Å². The van der Waals surface area contributed by atoms with Gasteiger partial charge in [0.1, 0.15) is 18.3 Å². The number of alkyl halides is 4. The minimum Gasteiger partial charge on any atom is -0.383 e. The highest BCUT2D eigenvalue weighted by atomic mass is 19.4. The van der Waals surface area contributed by atoms with E-state index in [1.54, 1.807) is 0 Å². The molecule has 2 aliphatic rings. The number of likely N-dealkylation sites (tertiary alicyclic amines) is 1. The van der Waals surface area contributed by atoms with Gasteiger partial charge in [0.15, 0.2) is 0 Å². The predicted octanol–water partition coefficient (Wildman–Crippen LogP) is 4.21. The van der Waals surface area contributed by atoms with Crippen LogP contribution in [0.4, 0.5) is 23.4 Å². The zero-order valence-electron chi connectivity index (χ0n) is 17.4. The maximum atomic E-state index is 13.3. The SMILES string of the molecule is CC(C)(C)Cc1nc(-c2cnc(N)c(C(F)(F)F)c2)cn1C1C2CN(CCF)CC21. The molecule has 0 spiro atoms. The number of imidazole rings is 1. The Kier molecular flexibility index (Phi) is 5.07. The molecule has 2 fully saturated rings. The Bertz CT molecular complexity index is 918. The first-order valence-electron chi connectivity index (χ1n) is 10.2. The summed E-state index contributed by atoms with van der Waals surface area (Å²) in [6, 6.07) is 1.29. The molecule has 2 aromatic rings. The van der Waals surface area contributed by atoms with E-state index >= 15 is 0 Å². The number of halogens is 4. The van der Waals surface area contributed by atoms with Crippen molar-refractivity contribution in [2.24, 2.45) is 17.3 Å². The first kappa shape index (κ1) is 21.1. The third-order valence-corrected chi connectivity index (χ3v) is 5.96. The molecule has 5 nitrogen and oxygen atoms in total. The molecule has 4 rings (SSSR count). The molecule has 2 N–H and O–H groups in total. The van der Waals surface area contributed by atoms with E-state index in [9.17, 15) is 17.6 Å². The lowest BCUT2D eigenvalue weighted by atomic mass is 9.92. The molecule has 0 radical (unpaired) electrons. The lowest BCUT2D eigenvalue weighted by Gasteiger charge is -2.21. The minimum absolute atomic E-state index is 0.0267. The minimum atomic E-state index is -4.57.